The normalized spacial score (nSPS) is 34.9. The van der Waals surface area contributed by atoms with Gasteiger partial charge >= 0.3 is 0 Å². The molecule has 5 rings (SSSR count). The molecular formula is C24H27ClO5. The number of aliphatic hydroxyl groups excluding tert-OH is 4. The first-order chi connectivity index (χ1) is 14.4. The Hall–Kier alpha value is -1.47. The summed E-state index contributed by atoms with van der Waals surface area (Å²) in [5, 5.41) is 40.6. The predicted octanol–water partition coefficient (Wildman–Crippen LogP) is 2.18. The van der Waals surface area contributed by atoms with E-state index in [0.717, 1.165) is 17.4 Å². The summed E-state index contributed by atoms with van der Waals surface area (Å²) in [4.78, 5) is 0. The minimum absolute atomic E-state index is 0.446. The quantitative estimate of drug-likeness (QED) is 0.597. The van der Waals surface area contributed by atoms with Crippen LogP contribution in [0.4, 0.5) is 0 Å². The first-order valence-electron chi connectivity index (χ1n) is 10.6. The molecule has 1 saturated carbocycles. The van der Waals surface area contributed by atoms with E-state index in [0.29, 0.717) is 17.0 Å². The Morgan fingerprint density at radius 3 is 2.43 bits per heavy atom. The molecule has 0 aromatic heterocycles. The minimum Gasteiger partial charge on any atom is -0.394 e. The molecule has 5 nitrogen and oxygen atoms in total. The maximum Gasteiger partial charge on any atom is 0.113 e. The molecule has 30 heavy (non-hydrogen) atoms. The molecular weight excluding hydrogens is 404 g/mol. The number of aliphatic hydroxyl groups is 4. The van der Waals surface area contributed by atoms with Gasteiger partial charge in [0.2, 0.25) is 0 Å². The first kappa shape index (κ1) is 20.4. The molecule has 0 spiro atoms. The molecule has 7 atom stereocenters. The minimum atomic E-state index is -1.40. The maximum absolute atomic E-state index is 10.4. The van der Waals surface area contributed by atoms with Gasteiger partial charge in [0.1, 0.15) is 30.5 Å². The monoisotopic (exact) mass is 430 g/mol. The smallest absolute Gasteiger partial charge is 0.113 e. The Kier molecular flexibility index (Phi) is 5.38. The summed E-state index contributed by atoms with van der Waals surface area (Å²) in [6.45, 7) is -0.446. The highest BCUT2D eigenvalue weighted by atomic mass is 35.5. The Balaban J connectivity index is 1.39. The highest BCUT2D eigenvalue weighted by Crippen LogP contribution is 2.48. The number of hydrogen-bond donors (Lipinski definition) is 4. The molecule has 0 bridgehead atoms. The molecule has 2 fully saturated rings. The molecule has 2 aromatic carbocycles. The van der Waals surface area contributed by atoms with Gasteiger partial charge in [-0.05, 0) is 71.4 Å². The first-order valence-corrected chi connectivity index (χ1v) is 11.0. The Morgan fingerprint density at radius 1 is 0.900 bits per heavy atom. The molecule has 0 amide bonds. The second-order valence-corrected chi connectivity index (χ2v) is 9.45. The Labute approximate surface area is 180 Å². The standard InChI is InChI=1S/C24H27ClO5/c25-19-4-3-14(24-23(29)22(28)21(27)20(11-26)30-24)8-18(19)6-12-1-2-13-7-16-10-17(16)9-15(13)5-12/h1-5,8,16-17,20-24,26-29H,6-7,9-11H2/t16?,17?,20-,21-,22+,23-,24+/m1/s1. The van der Waals surface area contributed by atoms with Crippen molar-refractivity contribution < 1.29 is 25.2 Å². The van der Waals surface area contributed by atoms with E-state index in [1.54, 1.807) is 12.1 Å². The molecule has 2 unspecified atom stereocenters. The van der Waals surface area contributed by atoms with Crippen LogP contribution < -0.4 is 0 Å². The second kappa shape index (κ2) is 7.90. The molecule has 1 aliphatic heterocycles. The number of benzene rings is 2. The fraction of sp³-hybridized carbons (Fsp3) is 0.500. The van der Waals surface area contributed by atoms with Gasteiger partial charge in [0.05, 0.1) is 6.61 Å². The van der Waals surface area contributed by atoms with Crippen LogP contribution in [0.15, 0.2) is 36.4 Å². The summed E-state index contributed by atoms with van der Waals surface area (Å²) in [7, 11) is 0. The number of rotatable bonds is 4. The average Bonchev–Trinajstić information content (AvgIpc) is 3.50. The van der Waals surface area contributed by atoms with Gasteiger partial charge in [0.25, 0.3) is 0 Å². The number of halogens is 1. The van der Waals surface area contributed by atoms with Gasteiger partial charge in [-0.25, -0.2) is 0 Å². The lowest BCUT2D eigenvalue weighted by molar-refractivity contribution is -0.231. The topological polar surface area (TPSA) is 90.2 Å². The summed E-state index contributed by atoms with van der Waals surface area (Å²) < 4.78 is 5.70. The zero-order valence-electron chi connectivity index (χ0n) is 16.6. The van der Waals surface area contributed by atoms with Gasteiger partial charge in [-0.15, -0.1) is 0 Å². The molecule has 2 aliphatic carbocycles. The van der Waals surface area contributed by atoms with Gasteiger partial charge in [-0.1, -0.05) is 41.9 Å². The van der Waals surface area contributed by atoms with Crippen molar-refractivity contribution in [3.8, 4) is 0 Å². The van der Waals surface area contributed by atoms with Gasteiger partial charge in [0, 0.05) is 5.02 Å². The van der Waals surface area contributed by atoms with Crippen LogP contribution in [0, 0.1) is 11.8 Å². The van der Waals surface area contributed by atoms with E-state index in [1.165, 1.54) is 36.0 Å². The Bertz CT molecular complexity index is 945. The average molecular weight is 431 g/mol. The maximum atomic E-state index is 10.4. The van der Waals surface area contributed by atoms with Crippen LogP contribution in [0.1, 0.15) is 40.3 Å². The zero-order valence-corrected chi connectivity index (χ0v) is 17.4. The van der Waals surface area contributed by atoms with Crippen molar-refractivity contribution >= 4 is 11.6 Å². The van der Waals surface area contributed by atoms with Gasteiger partial charge < -0.3 is 25.2 Å². The molecule has 4 N–H and O–H groups in total. The fourth-order valence-electron chi connectivity index (χ4n) is 5.06. The van der Waals surface area contributed by atoms with Crippen molar-refractivity contribution in [2.45, 2.75) is 56.2 Å². The van der Waals surface area contributed by atoms with Crippen molar-refractivity contribution in [3.63, 3.8) is 0 Å². The number of ether oxygens (including phenoxy) is 1. The molecule has 6 heteroatoms. The third kappa shape index (κ3) is 3.68. The summed E-state index contributed by atoms with van der Waals surface area (Å²) >= 11 is 6.47. The second-order valence-electron chi connectivity index (χ2n) is 9.04. The van der Waals surface area contributed by atoms with Crippen LogP contribution in [0.3, 0.4) is 0 Å². The lowest BCUT2D eigenvalue weighted by Crippen LogP contribution is -2.55. The van der Waals surface area contributed by atoms with Crippen molar-refractivity contribution in [1.29, 1.82) is 0 Å². The molecule has 2 aromatic rings. The third-order valence-corrected chi connectivity index (χ3v) is 7.36. The molecule has 1 heterocycles. The molecule has 3 aliphatic rings. The van der Waals surface area contributed by atoms with E-state index in [1.807, 2.05) is 6.07 Å². The van der Waals surface area contributed by atoms with Crippen LogP contribution >= 0.6 is 11.6 Å². The fourth-order valence-corrected chi connectivity index (χ4v) is 5.24. The lowest BCUT2D eigenvalue weighted by atomic mass is 9.88. The van der Waals surface area contributed by atoms with E-state index >= 15 is 0 Å². The van der Waals surface area contributed by atoms with E-state index in [9.17, 15) is 20.4 Å². The third-order valence-electron chi connectivity index (χ3n) is 6.99. The van der Waals surface area contributed by atoms with Gasteiger partial charge in [-0.3, -0.25) is 0 Å². The molecule has 160 valence electrons. The summed E-state index contributed by atoms with van der Waals surface area (Å²) in [5.74, 6) is 1.76. The predicted molar refractivity (Wildman–Crippen MR) is 112 cm³/mol. The van der Waals surface area contributed by atoms with Crippen molar-refractivity contribution in [1.82, 2.24) is 0 Å². The van der Waals surface area contributed by atoms with Gasteiger partial charge in [0.15, 0.2) is 0 Å². The largest absolute Gasteiger partial charge is 0.394 e. The van der Waals surface area contributed by atoms with E-state index in [4.69, 9.17) is 16.3 Å². The van der Waals surface area contributed by atoms with E-state index in [2.05, 4.69) is 18.2 Å². The van der Waals surface area contributed by atoms with Crippen LogP contribution in [0.2, 0.25) is 5.02 Å². The summed E-state index contributed by atoms with van der Waals surface area (Å²) in [6, 6.07) is 12.1. The molecule has 1 saturated heterocycles. The highest BCUT2D eigenvalue weighted by Gasteiger charge is 2.44. The van der Waals surface area contributed by atoms with Gasteiger partial charge in [-0.2, -0.15) is 0 Å². The highest BCUT2D eigenvalue weighted by molar-refractivity contribution is 6.31. The SMILES string of the molecule is OC[C@H]1O[C@@H](c2ccc(Cl)c(Cc3ccc4c(c3)CC3CC3C4)c2)[C@H](O)[C@@H](O)[C@@H]1O. The van der Waals surface area contributed by atoms with E-state index in [-0.39, 0.29) is 0 Å². The molecule has 0 radical (unpaired) electrons. The van der Waals surface area contributed by atoms with Crippen molar-refractivity contribution in [2.24, 2.45) is 11.8 Å². The van der Waals surface area contributed by atoms with Crippen LogP contribution in [0.5, 0.6) is 0 Å². The van der Waals surface area contributed by atoms with E-state index < -0.39 is 37.1 Å². The van der Waals surface area contributed by atoms with Crippen molar-refractivity contribution in [2.75, 3.05) is 6.61 Å². The summed E-state index contributed by atoms with van der Waals surface area (Å²) in [6.07, 6.45) is -1.46. The lowest BCUT2D eigenvalue weighted by Gasteiger charge is -2.40. The van der Waals surface area contributed by atoms with Crippen LogP contribution in [-0.2, 0) is 24.0 Å². The van der Waals surface area contributed by atoms with Crippen molar-refractivity contribution in [3.05, 3.63) is 69.2 Å². The number of hydrogen-bond acceptors (Lipinski definition) is 5. The van der Waals surface area contributed by atoms with Crippen LogP contribution in [-0.4, -0.2) is 51.4 Å². The Morgan fingerprint density at radius 2 is 1.67 bits per heavy atom. The number of fused-ring (bicyclic) bond motifs is 2. The van der Waals surface area contributed by atoms with Crippen LogP contribution in [0.25, 0.3) is 0 Å². The zero-order chi connectivity index (χ0) is 21.0. The summed E-state index contributed by atoms with van der Waals surface area (Å²) in [5.41, 5.74) is 5.68.